The van der Waals surface area contributed by atoms with Crippen LogP contribution in [-0.4, -0.2) is 18.2 Å². The molecule has 0 radical (unpaired) electrons. The molecule has 0 aliphatic rings. The molecule has 3 nitrogen and oxygen atoms in total. The lowest BCUT2D eigenvalue weighted by atomic mass is 10.1. The number of carbonyl (C=O) groups excluding carboxylic acids is 1. The normalized spacial score (nSPS) is 10.5. The van der Waals surface area contributed by atoms with Crippen molar-refractivity contribution < 1.29 is 14.3 Å². The molecule has 0 unspecified atom stereocenters. The molecular weight excluding hydrogens is 216 g/mol. The van der Waals surface area contributed by atoms with Gasteiger partial charge in [-0.1, -0.05) is 5.92 Å². The van der Waals surface area contributed by atoms with Crippen LogP contribution in [0, 0.1) is 12.3 Å². The Kier molecular flexibility index (Phi) is 4.17. The first-order valence-electron chi connectivity index (χ1n) is 5.32. The van der Waals surface area contributed by atoms with Crippen LogP contribution in [0.4, 0.5) is 0 Å². The predicted octanol–water partition coefficient (Wildman–Crippen LogP) is 2.65. The summed E-state index contributed by atoms with van der Waals surface area (Å²) in [5.74, 6) is 2.66. The monoisotopic (exact) mass is 232 g/mol. The van der Waals surface area contributed by atoms with Gasteiger partial charge in [0.2, 0.25) is 0 Å². The Morgan fingerprint density at radius 3 is 2.35 bits per heavy atom. The highest BCUT2D eigenvalue weighted by molar-refractivity contribution is 5.89. The molecule has 0 bridgehead atoms. The van der Waals surface area contributed by atoms with E-state index >= 15 is 0 Å². The van der Waals surface area contributed by atoms with Crippen LogP contribution < -0.4 is 4.74 Å². The van der Waals surface area contributed by atoms with Gasteiger partial charge in [0, 0.05) is 0 Å². The summed E-state index contributed by atoms with van der Waals surface area (Å²) in [6, 6.07) is 6.69. The molecule has 0 heterocycles. The van der Waals surface area contributed by atoms with Crippen LogP contribution in [0.3, 0.4) is 0 Å². The fourth-order valence-electron chi connectivity index (χ4n) is 1.15. The third-order valence-corrected chi connectivity index (χ3v) is 1.81. The summed E-state index contributed by atoms with van der Waals surface area (Å²) < 4.78 is 10.4. The van der Waals surface area contributed by atoms with Gasteiger partial charge in [0.1, 0.15) is 18.0 Å². The van der Waals surface area contributed by atoms with Crippen LogP contribution in [0.25, 0.3) is 0 Å². The van der Waals surface area contributed by atoms with Gasteiger partial charge < -0.3 is 9.47 Å². The highest BCUT2D eigenvalue weighted by atomic mass is 16.6. The van der Waals surface area contributed by atoms with Crippen molar-refractivity contribution in [2.24, 2.45) is 0 Å². The molecule has 90 valence electrons. The van der Waals surface area contributed by atoms with E-state index in [0.717, 1.165) is 0 Å². The maximum Gasteiger partial charge on any atom is 0.338 e. The second-order valence-corrected chi connectivity index (χ2v) is 4.52. The first-order chi connectivity index (χ1) is 7.92. The Bertz CT molecular complexity index is 418. The van der Waals surface area contributed by atoms with Crippen LogP contribution in [0.5, 0.6) is 5.75 Å². The highest BCUT2D eigenvalue weighted by Gasteiger charge is 2.17. The van der Waals surface area contributed by atoms with Crippen molar-refractivity contribution in [1.82, 2.24) is 0 Å². The molecule has 0 amide bonds. The summed E-state index contributed by atoms with van der Waals surface area (Å²) in [6.45, 7) is 5.70. The van der Waals surface area contributed by atoms with Crippen molar-refractivity contribution in [1.29, 1.82) is 0 Å². The number of hydrogen-bond acceptors (Lipinski definition) is 3. The molecule has 17 heavy (non-hydrogen) atoms. The average Bonchev–Trinajstić information content (AvgIpc) is 2.24. The molecule has 0 fully saturated rings. The van der Waals surface area contributed by atoms with E-state index in [9.17, 15) is 4.79 Å². The quantitative estimate of drug-likeness (QED) is 0.593. The number of benzene rings is 1. The summed E-state index contributed by atoms with van der Waals surface area (Å²) in [7, 11) is 0. The van der Waals surface area contributed by atoms with E-state index in [4.69, 9.17) is 15.9 Å². The lowest BCUT2D eigenvalue weighted by Gasteiger charge is -2.19. The van der Waals surface area contributed by atoms with Gasteiger partial charge in [0.05, 0.1) is 5.56 Å². The van der Waals surface area contributed by atoms with Crippen molar-refractivity contribution >= 4 is 5.97 Å². The van der Waals surface area contributed by atoms with Gasteiger partial charge in [-0.05, 0) is 45.0 Å². The molecular formula is C14H16O3. The summed E-state index contributed by atoms with van der Waals surface area (Å²) in [5, 5.41) is 0. The number of hydrogen-bond donors (Lipinski definition) is 0. The third-order valence-electron chi connectivity index (χ3n) is 1.81. The predicted molar refractivity (Wildman–Crippen MR) is 65.9 cm³/mol. The van der Waals surface area contributed by atoms with Gasteiger partial charge in [-0.3, -0.25) is 0 Å². The van der Waals surface area contributed by atoms with E-state index in [2.05, 4.69) is 5.92 Å². The summed E-state index contributed by atoms with van der Waals surface area (Å²) in [5.41, 5.74) is 0.00315. The number of terminal acetylenes is 1. The van der Waals surface area contributed by atoms with E-state index in [1.165, 1.54) is 0 Å². The molecule has 1 rings (SSSR count). The van der Waals surface area contributed by atoms with Gasteiger partial charge in [-0.15, -0.1) is 6.42 Å². The van der Waals surface area contributed by atoms with Gasteiger partial charge in [0.15, 0.2) is 0 Å². The molecule has 0 atom stereocenters. The number of ether oxygens (including phenoxy) is 2. The molecule has 0 saturated carbocycles. The zero-order valence-electron chi connectivity index (χ0n) is 10.3. The summed E-state index contributed by atoms with van der Waals surface area (Å²) in [4.78, 5) is 11.7. The van der Waals surface area contributed by atoms with E-state index in [-0.39, 0.29) is 12.6 Å². The van der Waals surface area contributed by atoms with E-state index < -0.39 is 5.60 Å². The summed E-state index contributed by atoms with van der Waals surface area (Å²) in [6.07, 6.45) is 5.07. The Labute approximate surface area is 102 Å². The lowest BCUT2D eigenvalue weighted by molar-refractivity contribution is 0.00695. The number of rotatable bonds is 3. The summed E-state index contributed by atoms with van der Waals surface area (Å²) >= 11 is 0. The highest BCUT2D eigenvalue weighted by Crippen LogP contribution is 2.15. The van der Waals surface area contributed by atoms with Crippen LogP contribution in [-0.2, 0) is 4.74 Å². The molecule has 0 aliphatic heterocycles. The Balaban J connectivity index is 2.68. The lowest BCUT2D eigenvalue weighted by Crippen LogP contribution is -2.23. The minimum absolute atomic E-state index is 0.214. The number of esters is 1. The first kappa shape index (κ1) is 13.1. The van der Waals surface area contributed by atoms with E-state index in [1.54, 1.807) is 24.3 Å². The van der Waals surface area contributed by atoms with E-state index in [0.29, 0.717) is 11.3 Å². The zero-order valence-corrected chi connectivity index (χ0v) is 10.3. The molecule has 0 spiro atoms. The topological polar surface area (TPSA) is 35.5 Å². The Morgan fingerprint density at radius 1 is 1.29 bits per heavy atom. The van der Waals surface area contributed by atoms with Crippen LogP contribution in [0.15, 0.2) is 24.3 Å². The smallest absolute Gasteiger partial charge is 0.338 e. The second kappa shape index (κ2) is 5.40. The first-order valence-corrected chi connectivity index (χ1v) is 5.32. The molecule has 0 aliphatic carbocycles. The number of carbonyl (C=O) groups is 1. The van der Waals surface area contributed by atoms with Crippen LogP contribution >= 0.6 is 0 Å². The van der Waals surface area contributed by atoms with Crippen molar-refractivity contribution in [3.8, 4) is 18.1 Å². The van der Waals surface area contributed by atoms with Gasteiger partial charge in [-0.25, -0.2) is 4.79 Å². The molecule has 0 aromatic heterocycles. The van der Waals surface area contributed by atoms with Crippen LogP contribution in [0.1, 0.15) is 31.1 Å². The molecule has 1 aromatic carbocycles. The van der Waals surface area contributed by atoms with Crippen molar-refractivity contribution in [2.45, 2.75) is 26.4 Å². The minimum Gasteiger partial charge on any atom is -0.481 e. The Morgan fingerprint density at radius 2 is 1.88 bits per heavy atom. The fourth-order valence-corrected chi connectivity index (χ4v) is 1.15. The second-order valence-electron chi connectivity index (χ2n) is 4.52. The van der Waals surface area contributed by atoms with E-state index in [1.807, 2.05) is 20.8 Å². The van der Waals surface area contributed by atoms with Crippen LogP contribution in [0.2, 0.25) is 0 Å². The van der Waals surface area contributed by atoms with Gasteiger partial charge in [0.25, 0.3) is 0 Å². The molecule has 1 aromatic rings. The van der Waals surface area contributed by atoms with Crippen molar-refractivity contribution in [3.05, 3.63) is 29.8 Å². The maximum atomic E-state index is 11.7. The third kappa shape index (κ3) is 4.60. The molecule has 0 saturated heterocycles. The molecule has 3 heteroatoms. The average molecular weight is 232 g/mol. The minimum atomic E-state index is -0.490. The standard InChI is InChI=1S/C14H16O3/c1-5-10-16-12-8-6-11(7-9-12)13(15)17-14(2,3)4/h1,6-9H,10H2,2-4H3. The zero-order chi connectivity index (χ0) is 12.9. The van der Waals surface area contributed by atoms with Gasteiger partial charge in [-0.2, -0.15) is 0 Å². The SMILES string of the molecule is C#CCOc1ccc(C(=O)OC(C)(C)C)cc1. The maximum absolute atomic E-state index is 11.7. The van der Waals surface area contributed by atoms with Gasteiger partial charge >= 0.3 is 5.97 Å². The molecule has 0 N–H and O–H groups in total. The largest absolute Gasteiger partial charge is 0.481 e. The Hall–Kier alpha value is -1.95. The van der Waals surface area contributed by atoms with Crippen molar-refractivity contribution in [3.63, 3.8) is 0 Å². The fraction of sp³-hybridized carbons (Fsp3) is 0.357. The van der Waals surface area contributed by atoms with Crippen molar-refractivity contribution in [2.75, 3.05) is 6.61 Å².